The standard InChI is InChI=1S/C19H32N4O3/c1-15-11-22(12-16(2)26-15)18-4-7-21(8-5-18)13-17-10-20-23(14-17)9-6-19(24)25-3/h10,14-16,18H,4-9,11-13H2,1-3H3/t15-,16+. The van der Waals surface area contributed by atoms with Crippen LogP contribution < -0.4 is 0 Å². The van der Waals surface area contributed by atoms with Gasteiger partial charge in [0.05, 0.1) is 38.5 Å². The molecule has 0 aliphatic carbocycles. The van der Waals surface area contributed by atoms with Crippen LogP contribution in [0.15, 0.2) is 12.4 Å². The summed E-state index contributed by atoms with van der Waals surface area (Å²) in [4.78, 5) is 16.4. The molecular weight excluding hydrogens is 332 g/mol. The molecule has 2 aliphatic rings. The normalized spacial score (nSPS) is 26.1. The zero-order valence-corrected chi connectivity index (χ0v) is 16.3. The molecule has 0 amide bonds. The Hall–Kier alpha value is -1.44. The van der Waals surface area contributed by atoms with E-state index in [2.05, 4.69) is 33.5 Å². The van der Waals surface area contributed by atoms with Crippen molar-refractivity contribution in [3.05, 3.63) is 18.0 Å². The number of ether oxygens (including phenoxy) is 2. The van der Waals surface area contributed by atoms with Crippen LogP contribution in [-0.4, -0.2) is 77.1 Å². The van der Waals surface area contributed by atoms with Crippen molar-refractivity contribution >= 4 is 5.97 Å². The van der Waals surface area contributed by atoms with Crippen molar-refractivity contribution in [2.24, 2.45) is 0 Å². The fourth-order valence-corrected chi connectivity index (χ4v) is 4.13. The van der Waals surface area contributed by atoms with Gasteiger partial charge in [-0.1, -0.05) is 0 Å². The molecule has 0 unspecified atom stereocenters. The van der Waals surface area contributed by atoms with Gasteiger partial charge in [-0.3, -0.25) is 19.3 Å². The van der Waals surface area contributed by atoms with Crippen LogP contribution in [0.2, 0.25) is 0 Å². The Labute approximate surface area is 156 Å². The molecule has 0 aromatic carbocycles. The van der Waals surface area contributed by atoms with Gasteiger partial charge in [-0.05, 0) is 39.8 Å². The maximum atomic E-state index is 11.2. The van der Waals surface area contributed by atoms with E-state index in [1.807, 2.05) is 17.1 Å². The van der Waals surface area contributed by atoms with Gasteiger partial charge < -0.3 is 9.47 Å². The Morgan fingerprint density at radius 1 is 1.27 bits per heavy atom. The first-order valence-electron chi connectivity index (χ1n) is 9.73. The van der Waals surface area contributed by atoms with Crippen LogP contribution in [0.4, 0.5) is 0 Å². The highest BCUT2D eigenvalue weighted by Gasteiger charge is 2.30. The first-order valence-corrected chi connectivity index (χ1v) is 9.73. The smallest absolute Gasteiger partial charge is 0.307 e. The number of carbonyl (C=O) groups is 1. The van der Waals surface area contributed by atoms with Gasteiger partial charge in [-0.2, -0.15) is 5.10 Å². The van der Waals surface area contributed by atoms with E-state index in [9.17, 15) is 4.79 Å². The van der Waals surface area contributed by atoms with E-state index < -0.39 is 0 Å². The molecule has 1 aromatic rings. The van der Waals surface area contributed by atoms with E-state index in [1.165, 1.54) is 25.5 Å². The number of carbonyl (C=O) groups excluding carboxylic acids is 1. The second-order valence-corrected chi connectivity index (χ2v) is 7.66. The van der Waals surface area contributed by atoms with Crippen LogP contribution in [0.1, 0.15) is 38.7 Å². The summed E-state index contributed by atoms with van der Waals surface area (Å²) in [6, 6.07) is 0.683. The third kappa shape index (κ3) is 5.28. The van der Waals surface area contributed by atoms with Gasteiger partial charge in [0.2, 0.25) is 0 Å². The molecule has 7 heteroatoms. The zero-order chi connectivity index (χ0) is 18.5. The predicted octanol–water partition coefficient (Wildman–Crippen LogP) is 1.52. The molecule has 0 spiro atoms. The van der Waals surface area contributed by atoms with E-state index >= 15 is 0 Å². The number of hydrogen-bond donors (Lipinski definition) is 0. The van der Waals surface area contributed by atoms with E-state index in [0.717, 1.165) is 32.7 Å². The largest absolute Gasteiger partial charge is 0.469 e. The molecule has 2 aliphatic heterocycles. The van der Waals surface area contributed by atoms with E-state index in [4.69, 9.17) is 4.74 Å². The number of hydrogen-bond acceptors (Lipinski definition) is 6. The summed E-state index contributed by atoms with van der Waals surface area (Å²) in [6.45, 7) is 10.2. The number of nitrogens with zero attached hydrogens (tertiary/aromatic N) is 4. The number of aryl methyl sites for hydroxylation is 1. The van der Waals surface area contributed by atoms with Crippen molar-refractivity contribution in [3.63, 3.8) is 0 Å². The molecule has 7 nitrogen and oxygen atoms in total. The Bertz CT molecular complexity index is 573. The first kappa shape index (κ1) is 19.3. The third-order valence-electron chi connectivity index (χ3n) is 5.39. The van der Waals surface area contributed by atoms with Crippen molar-refractivity contribution in [2.75, 3.05) is 33.3 Å². The molecule has 2 atom stereocenters. The topological polar surface area (TPSA) is 59.8 Å². The molecule has 26 heavy (non-hydrogen) atoms. The fraction of sp³-hybridized carbons (Fsp3) is 0.789. The van der Waals surface area contributed by atoms with Crippen LogP contribution in [0.5, 0.6) is 0 Å². The average molecular weight is 364 g/mol. The number of piperidine rings is 1. The quantitative estimate of drug-likeness (QED) is 0.714. The van der Waals surface area contributed by atoms with Gasteiger partial charge in [0.1, 0.15) is 0 Å². The van der Waals surface area contributed by atoms with Gasteiger partial charge in [0.15, 0.2) is 0 Å². The Balaban J connectivity index is 1.43. The lowest BCUT2D eigenvalue weighted by molar-refractivity contribution is -0.140. The maximum absolute atomic E-state index is 11.2. The Morgan fingerprint density at radius 2 is 1.96 bits per heavy atom. The molecule has 2 fully saturated rings. The fourth-order valence-electron chi connectivity index (χ4n) is 4.13. The number of morpholine rings is 1. The molecule has 3 rings (SSSR count). The number of likely N-dealkylation sites (tertiary alicyclic amines) is 1. The van der Waals surface area contributed by atoms with Gasteiger partial charge in [0.25, 0.3) is 0 Å². The molecule has 2 saturated heterocycles. The average Bonchev–Trinajstić information content (AvgIpc) is 3.07. The minimum absolute atomic E-state index is 0.198. The molecule has 0 N–H and O–H groups in total. The van der Waals surface area contributed by atoms with Crippen molar-refractivity contribution in [1.29, 1.82) is 0 Å². The van der Waals surface area contributed by atoms with E-state index in [1.54, 1.807) is 0 Å². The van der Waals surface area contributed by atoms with Crippen molar-refractivity contribution in [1.82, 2.24) is 19.6 Å². The minimum Gasteiger partial charge on any atom is -0.469 e. The maximum Gasteiger partial charge on any atom is 0.307 e. The summed E-state index contributed by atoms with van der Waals surface area (Å²) in [7, 11) is 1.42. The van der Waals surface area contributed by atoms with Gasteiger partial charge in [0, 0.05) is 37.4 Å². The van der Waals surface area contributed by atoms with Gasteiger partial charge in [-0.25, -0.2) is 0 Å². The molecule has 1 aromatic heterocycles. The molecule has 0 saturated carbocycles. The Kier molecular flexibility index (Phi) is 6.67. The Morgan fingerprint density at radius 3 is 2.62 bits per heavy atom. The van der Waals surface area contributed by atoms with Crippen LogP contribution in [0.3, 0.4) is 0 Å². The van der Waals surface area contributed by atoms with Crippen LogP contribution in [-0.2, 0) is 27.4 Å². The SMILES string of the molecule is COC(=O)CCn1cc(CN2CCC(N3C[C@@H](C)O[C@@H](C)C3)CC2)cn1. The number of methoxy groups -OCH3 is 1. The summed E-state index contributed by atoms with van der Waals surface area (Å²) in [5, 5.41) is 4.35. The minimum atomic E-state index is -0.198. The summed E-state index contributed by atoms with van der Waals surface area (Å²) >= 11 is 0. The van der Waals surface area contributed by atoms with Crippen LogP contribution in [0.25, 0.3) is 0 Å². The molecular formula is C19H32N4O3. The summed E-state index contributed by atoms with van der Waals surface area (Å²) < 4.78 is 12.4. The third-order valence-corrected chi connectivity index (χ3v) is 5.39. The van der Waals surface area contributed by atoms with Crippen molar-refractivity contribution < 1.29 is 14.3 Å². The molecule has 3 heterocycles. The van der Waals surface area contributed by atoms with E-state index in [0.29, 0.717) is 31.2 Å². The number of rotatable bonds is 6. The number of esters is 1. The van der Waals surface area contributed by atoms with Crippen molar-refractivity contribution in [2.45, 2.75) is 64.4 Å². The van der Waals surface area contributed by atoms with Gasteiger partial charge in [-0.15, -0.1) is 0 Å². The van der Waals surface area contributed by atoms with Crippen LogP contribution >= 0.6 is 0 Å². The number of aromatic nitrogens is 2. The summed E-state index contributed by atoms with van der Waals surface area (Å²) in [6.07, 6.45) is 7.43. The molecule has 0 bridgehead atoms. The lowest BCUT2D eigenvalue weighted by Crippen LogP contribution is -2.53. The summed E-state index contributed by atoms with van der Waals surface area (Å²) in [5.74, 6) is -0.198. The predicted molar refractivity (Wildman–Crippen MR) is 98.7 cm³/mol. The lowest BCUT2D eigenvalue weighted by Gasteiger charge is -2.43. The monoisotopic (exact) mass is 364 g/mol. The molecule has 146 valence electrons. The summed E-state index contributed by atoms with van der Waals surface area (Å²) in [5.41, 5.74) is 1.21. The van der Waals surface area contributed by atoms with E-state index in [-0.39, 0.29) is 5.97 Å². The van der Waals surface area contributed by atoms with Crippen molar-refractivity contribution in [3.8, 4) is 0 Å². The second-order valence-electron chi connectivity index (χ2n) is 7.66. The van der Waals surface area contributed by atoms with Crippen LogP contribution in [0, 0.1) is 0 Å². The highest BCUT2D eigenvalue weighted by atomic mass is 16.5. The van der Waals surface area contributed by atoms with Gasteiger partial charge >= 0.3 is 5.97 Å². The highest BCUT2D eigenvalue weighted by molar-refractivity contribution is 5.68. The first-order chi connectivity index (χ1) is 12.5. The lowest BCUT2D eigenvalue weighted by atomic mass is 10.0. The second kappa shape index (κ2) is 8.97. The molecule has 0 radical (unpaired) electrons. The zero-order valence-electron chi connectivity index (χ0n) is 16.3. The highest BCUT2D eigenvalue weighted by Crippen LogP contribution is 2.22.